The fourth-order valence-electron chi connectivity index (χ4n) is 2.47. The fraction of sp³-hybridized carbons (Fsp3) is 0.533. The average molecular weight is 246 g/mol. The third-order valence-corrected chi connectivity index (χ3v) is 3.44. The molecule has 1 unspecified atom stereocenters. The summed E-state index contributed by atoms with van der Waals surface area (Å²) >= 11 is 0. The van der Waals surface area contributed by atoms with Gasteiger partial charge in [0.05, 0.1) is 6.54 Å². The van der Waals surface area contributed by atoms with Gasteiger partial charge in [-0.2, -0.15) is 0 Å². The lowest BCUT2D eigenvalue weighted by Gasteiger charge is -2.30. The summed E-state index contributed by atoms with van der Waals surface area (Å²) in [6, 6.07) is 7.93. The van der Waals surface area contributed by atoms with Crippen molar-refractivity contribution in [1.29, 1.82) is 0 Å². The van der Waals surface area contributed by atoms with E-state index in [4.69, 9.17) is 0 Å². The predicted molar refractivity (Wildman–Crippen MR) is 74.6 cm³/mol. The highest BCUT2D eigenvalue weighted by molar-refractivity contribution is 5.92. The fourth-order valence-corrected chi connectivity index (χ4v) is 2.47. The number of nitrogens with one attached hydrogen (secondary N) is 1. The third-order valence-electron chi connectivity index (χ3n) is 3.44. The van der Waals surface area contributed by atoms with Crippen LogP contribution in [0.25, 0.3) is 0 Å². The lowest BCUT2D eigenvalue weighted by atomic mass is 10.0. The zero-order valence-electron chi connectivity index (χ0n) is 11.3. The largest absolute Gasteiger partial charge is 0.325 e. The molecule has 1 atom stereocenters. The van der Waals surface area contributed by atoms with Crippen LogP contribution in [0.3, 0.4) is 0 Å². The van der Waals surface area contributed by atoms with Crippen LogP contribution in [-0.4, -0.2) is 30.4 Å². The van der Waals surface area contributed by atoms with Crippen molar-refractivity contribution in [3.8, 4) is 0 Å². The molecule has 1 aliphatic rings. The van der Waals surface area contributed by atoms with Crippen LogP contribution in [0.15, 0.2) is 24.3 Å². The molecule has 1 amide bonds. The molecule has 1 N–H and O–H groups in total. The van der Waals surface area contributed by atoms with Crippen molar-refractivity contribution in [3.05, 3.63) is 29.8 Å². The van der Waals surface area contributed by atoms with Crippen LogP contribution in [0.2, 0.25) is 0 Å². The first kappa shape index (κ1) is 13.1. The van der Waals surface area contributed by atoms with Gasteiger partial charge in [-0.15, -0.1) is 0 Å². The molecule has 1 aromatic carbocycles. The van der Waals surface area contributed by atoms with Crippen LogP contribution < -0.4 is 5.32 Å². The first-order chi connectivity index (χ1) is 8.63. The SMILES string of the molecule is Cc1ccc(NC(=O)CN2CCCC(C)C2)cc1. The van der Waals surface area contributed by atoms with E-state index in [0.29, 0.717) is 12.5 Å². The molecule has 0 spiro atoms. The second-order valence-electron chi connectivity index (χ2n) is 5.40. The summed E-state index contributed by atoms with van der Waals surface area (Å²) in [5.74, 6) is 0.805. The van der Waals surface area contributed by atoms with Gasteiger partial charge in [0, 0.05) is 12.2 Å². The number of hydrogen-bond acceptors (Lipinski definition) is 2. The van der Waals surface area contributed by atoms with Gasteiger partial charge in [0.2, 0.25) is 5.91 Å². The Balaban J connectivity index is 1.83. The number of likely N-dealkylation sites (tertiary alicyclic amines) is 1. The third kappa shape index (κ3) is 3.84. The molecule has 1 heterocycles. The summed E-state index contributed by atoms with van der Waals surface area (Å²) in [4.78, 5) is 14.2. The molecule has 1 fully saturated rings. The summed E-state index contributed by atoms with van der Waals surface area (Å²) in [6.07, 6.45) is 2.50. The number of nitrogens with zero attached hydrogens (tertiary/aromatic N) is 1. The van der Waals surface area contributed by atoms with Gasteiger partial charge >= 0.3 is 0 Å². The van der Waals surface area contributed by atoms with E-state index in [2.05, 4.69) is 17.1 Å². The van der Waals surface area contributed by atoms with Crippen molar-refractivity contribution in [1.82, 2.24) is 4.90 Å². The zero-order valence-corrected chi connectivity index (χ0v) is 11.3. The van der Waals surface area contributed by atoms with E-state index in [9.17, 15) is 4.79 Å². The average Bonchev–Trinajstić information content (AvgIpc) is 2.32. The number of carbonyl (C=O) groups is 1. The molecule has 1 saturated heterocycles. The summed E-state index contributed by atoms with van der Waals surface area (Å²) in [5, 5.41) is 2.95. The maximum atomic E-state index is 11.9. The van der Waals surface area contributed by atoms with Crippen molar-refractivity contribution in [3.63, 3.8) is 0 Å². The standard InChI is InChI=1S/C15H22N2O/c1-12-5-7-14(8-6-12)16-15(18)11-17-9-3-4-13(2)10-17/h5-8,13H,3-4,9-11H2,1-2H3,(H,16,18). The summed E-state index contributed by atoms with van der Waals surface area (Å²) in [7, 11) is 0. The van der Waals surface area contributed by atoms with Crippen molar-refractivity contribution in [2.24, 2.45) is 5.92 Å². The Hall–Kier alpha value is -1.35. The van der Waals surface area contributed by atoms with Crippen molar-refractivity contribution in [2.75, 3.05) is 25.0 Å². The molecular weight excluding hydrogens is 224 g/mol. The maximum Gasteiger partial charge on any atom is 0.238 e. The van der Waals surface area contributed by atoms with Gasteiger partial charge in [-0.25, -0.2) is 0 Å². The van der Waals surface area contributed by atoms with Crippen LogP contribution in [0.4, 0.5) is 5.69 Å². The van der Waals surface area contributed by atoms with E-state index in [-0.39, 0.29) is 5.91 Å². The van der Waals surface area contributed by atoms with Crippen LogP contribution >= 0.6 is 0 Å². The smallest absolute Gasteiger partial charge is 0.238 e. The zero-order chi connectivity index (χ0) is 13.0. The van der Waals surface area contributed by atoms with E-state index >= 15 is 0 Å². The molecule has 98 valence electrons. The van der Waals surface area contributed by atoms with E-state index in [1.807, 2.05) is 31.2 Å². The molecule has 2 rings (SSSR count). The Morgan fingerprint density at radius 3 is 2.78 bits per heavy atom. The molecule has 0 radical (unpaired) electrons. The number of benzene rings is 1. The molecule has 18 heavy (non-hydrogen) atoms. The van der Waals surface area contributed by atoms with Gasteiger partial charge in [0.1, 0.15) is 0 Å². The highest BCUT2D eigenvalue weighted by Crippen LogP contribution is 2.15. The number of rotatable bonds is 3. The summed E-state index contributed by atoms with van der Waals surface area (Å²) in [5.41, 5.74) is 2.09. The Morgan fingerprint density at radius 1 is 1.39 bits per heavy atom. The molecular formula is C15H22N2O. The quantitative estimate of drug-likeness (QED) is 0.889. The lowest BCUT2D eigenvalue weighted by molar-refractivity contribution is -0.117. The van der Waals surface area contributed by atoms with E-state index in [0.717, 1.165) is 18.8 Å². The first-order valence-electron chi connectivity index (χ1n) is 6.72. The van der Waals surface area contributed by atoms with Gasteiger partial charge in [-0.05, 0) is 44.4 Å². The second-order valence-corrected chi connectivity index (χ2v) is 5.40. The van der Waals surface area contributed by atoms with E-state index < -0.39 is 0 Å². The van der Waals surface area contributed by atoms with Crippen LogP contribution in [0.5, 0.6) is 0 Å². The minimum Gasteiger partial charge on any atom is -0.325 e. The summed E-state index contributed by atoms with van der Waals surface area (Å²) < 4.78 is 0. The lowest BCUT2D eigenvalue weighted by Crippen LogP contribution is -2.39. The molecule has 0 bridgehead atoms. The minimum atomic E-state index is 0.0907. The molecule has 0 saturated carbocycles. The van der Waals surface area contributed by atoms with E-state index in [1.165, 1.54) is 18.4 Å². The molecule has 0 aliphatic carbocycles. The van der Waals surface area contributed by atoms with Crippen LogP contribution in [0, 0.1) is 12.8 Å². The number of aryl methyl sites for hydroxylation is 1. The van der Waals surface area contributed by atoms with Gasteiger partial charge in [-0.1, -0.05) is 24.6 Å². The Kier molecular flexibility index (Phi) is 4.37. The summed E-state index contributed by atoms with van der Waals surface area (Å²) in [6.45, 7) is 6.90. The van der Waals surface area contributed by atoms with Crippen molar-refractivity contribution < 1.29 is 4.79 Å². The van der Waals surface area contributed by atoms with Crippen LogP contribution in [-0.2, 0) is 4.79 Å². The minimum absolute atomic E-state index is 0.0907. The Labute approximate surface area is 109 Å². The monoisotopic (exact) mass is 246 g/mol. The van der Waals surface area contributed by atoms with E-state index in [1.54, 1.807) is 0 Å². The Bertz CT molecular complexity index is 399. The highest BCUT2D eigenvalue weighted by Gasteiger charge is 2.18. The van der Waals surface area contributed by atoms with Gasteiger partial charge in [0.25, 0.3) is 0 Å². The normalized spacial score (nSPS) is 20.7. The molecule has 0 aromatic heterocycles. The molecule has 3 nitrogen and oxygen atoms in total. The second kappa shape index (κ2) is 6.01. The predicted octanol–water partition coefficient (Wildman–Crippen LogP) is 2.67. The maximum absolute atomic E-state index is 11.9. The number of amides is 1. The van der Waals surface area contributed by atoms with Gasteiger partial charge in [0.15, 0.2) is 0 Å². The number of hydrogen-bond donors (Lipinski definition) is 1. The van der Waals surface area contributed by atoms with Gasteiger partial charge in [-0.3, -0.25) is 9.69 Å². The molecule has 1 aliphatic heterocycles. The molecule has 3 heteroatoms. The van der Waals surface area contributed by atoms with Crippen molar-refractivity contribution >= 4 is 11.6 Å². The van der Waals surface area contributed by atoms with Crippen LogP contribution in [0.1, 0.15) is 25.3 Å². The molecule has 1 aromatic rings. The highest BCUT2D eigenvalue weighted by atomic mass is 16.2. The first-order valence-corrected chi connectivity index (χ1v) is 6.72. The topological polar surface area (TPSA) is 32.3 Å². The van der Waals surface area contributed by atoms with Gasteiger partial charge < -0.3 is 5.32 Å². The Morgan fingerprint density at radius 2 is 2.11 bits per heavy atom. The number of anilines is 1. The number of piperidine rings is 1. The number of carbonyl (C=O) groups excluding carboxylic acids is 1. The van der Waals surface area contributed by atoms with Crippen molar-refractivity contribution in [2.45, 2.75) is 26.7 Å².